The third-order valence-corrected chi connectivity index (χ3v) is 6.58. The number of nitrogens with one attached hydrogen (secondary N) is 1. The second kappa shape index (κ2) is 8.56. The van der Waals surface area contributed by atoms with Gasteiger partial charge in [-0.1, -0.05) is 0 Å². The number of benzene rings is 1. The van der Waals surface area contributed by atoms with E-state index in [1.807, 2.05) is 0 Å². The van der Waals surface area contributed by atoms with E-state index in [0.29, 0.717) is 38.1 Å². The number of alkyl halides is 3. The number of piperidine rings is 1. The van der Waals surface area contributed by atoms with Crippen LogP contribution in [0.4, 0.5) is 26.7 Å². The number of quaternary nitrogens is 1. The van der Waals surface area contributed by atoms with E-state index in [1.54, 1.807) is 0 Å². The molecule has 0 radical (unpaired) electrons. The minimum atomic E-state index is -5.44. The van der Waals surface area contributed by atoms with Gasteiger partial charge in [-0.25, -0.2) is 26.8 Å². The van der Waals surface area contributed by atoms with Gasteiger partial charge in [0.1, 0.15) is 18.2 Å². The maximum absolute atomic E-state index is 14.6. The van der Waals surface area contributed by atoms with Gasteiger partial charge in [0.2, 0.25) is 0 Å². The van der Waals surface area contributed by atoms with Crippen LogP contribution in [0.15, 0.2) is 17.0 Å². The van der Waals surface area contributed by atoms with Crippen molar-refractivity contribution in [3.05, 3.63) is 29.3 Å². The van der Waals surface area contributed by atoms with Crippen LogP contribution in [0.1, 0.15) is 18.4 Å². The van der Waals surface area contributed by atoms with Gasteiger partial charge in [0.15, 0.2) is 16.4 Å². The molecule has 0 aromatic heterocycles. The van der Waals surface area contributed by atoms with Crippen LogP contribution in [0.2, 0.25) is 0 Å². The summed E-state index contributed by atoms with van der Waals surface area (Å²) in [6, 6.07) is -0.363. The predicted octanol–water partition coefficient (Wildman–Crippen LogP) is 1.89. The van der Waals surface area contributed by atoms with Gasteiger partial charge in [-0.15, -0.1) is 0 Å². The molecule has 8 nitrogen and oxygen atoms in total. The van der Waals surface area contributed by atoms with E-state index in [0.717, 1.165) is 6.26 Å². The number of hydrogen-bond donors (Lipinski definition) is 1. The first-order valence-electron chi connectivity index (χ1n) is 9.62. The molecule has 14 heteroatoms. The molecule has 1 aromatic carbocycles. The Labute approximate surface area is 180 Å². The number of hydroxylamine groups is 3. The largest absolute Gasteiger partial charge is 0.497 e. The highest BCUT2D eigenvalue weighted by Crippen LogP contribution is 2.33. The van der Waals surface area contributed by atoms with Crippen molar-refractivity contribution in [1.82, 2.24) is 10.2 Å². The monoisotopic (exact) mass is 486 g/mol. The molecular formula is C18H21F5N3O5S+. The summed E-state index contributed by atoms with van der Waals surface area (Å²) < 4.78 is 89.5. The van der Waals surface area contributed by atoms with Crippen LogP contribution in [0, 0.1) is 11.6 Å². The Hall–Kier alpha value is -2.32. The molecule has 1 N–H and O–H groups in total. The van der Waals surface area contributed by atoms with Crippen molar-refractivity contribution >= 4 is 21.8 Å². The quantitative estimate of drug-likeness (QED) is 0.505. The first-order valence-corrected chi connectivity index (χ1v) is 11.5. The Bertz CT molecular complexity index is 1000. The number of carbonyl (C=O) groups excluding carboxylic acids is 2. The van der Waals surface area contributed by atoms with Crippen LogP contribution in [-0.4, -0.2) is 74.6 Å². The molecule has 178 valence electrons. The Morgan fingerprint density at radius 2 is 1.78 bits per heavy atom. The Morgan fingerprint density at radius 1 is 1.22 bits per heavy atom. The Kier molecular flexibility index (Phi) is 6.50. The lowest BCUT2D eigenvalue weighted by molar-refractivity contribution is -1.03. The molecular weight excluding hydrogens is 465 g/mol. The van der Waals surface area contributed by atoms with E-state index >= 15 is 0 Å². The molecule has 2 saturated heterocycles. The zero-order chi connectivity index (χ0) is 23.9. The third kappa shape index (κ3) is 4.86. The summed E-state index contributed by atoms with van der Waals surface area (Å²) in [5, 5.41) is 3.07. The second-order valence-electron chi connectivity index (χ2n) is 7.74. The van der Waals surface area contributed by atoms with E-state index in [-0.39, 0.29) is 12.6 Å². The molecule has 2 fully saturated rings. The van der Waals surface area contributed by atoms with E-state index in [9.17, 15) is 40.0 Å². The lowest BCUT2D eigenvalue weighted by atomic mass is 10.1. The number of carbonyl (C=O) groups is 2. The minimum absolute atomic E-state index is 0.0840. The number of sulfone groups is 1. The minimum Gasteiger partial charge on any atom is -0.317 e. The Balaban J connectivity index is 1.99. The third-order valence-electron chi connectivity index (χ3n) is 5.49. The molecule has 2 amide bonds. The van der Waals surface area contributed by atoms with Crippen LogP contribution < -0.4 is 5.32 Å². The first kappa shape index (κ1) is 24.3. The lowest BCUT2D eigenvalue weighted by Crippen LogP contribution is -2.55. The maximum atomic E-state index is 14.6. The molecule has 32 heavy (non-hydrogen) atoms. The molecule has 1 unspecified atom stereocenters. The fourth-order valence-electron chi connectivity index (χ4n) is 3.83. The van der Waals surface area contributed by atoms with Gasteiger partial charge in [0.05, 0.1) is 17.0 Å². The van der Waals surface area contributed by atoms with Crippen LogP contribution in [-0.2, 0) is 26.0 Å². The number of amides is 2. The molecule has 0 saturated carbocycles. The van der Waals surface area contributed by atoms with Crippen molar-refractivity contribution in [2.24, 2.45) is 0 Å². The zero-order valence-corrected chi connectivity index (χ0v) is 17.7. The van der Waals surface area contributed by atoms with Crippen LogP contribution in [0.25, 0.3) is 0 Å². The van der Waals surface area contributed by atoms with Crippen LogP contribution in [0.5, 0.6) is 0 Å². The molecule has 1 aromatic rings. The second-order valence-corrected chi connectivity index (χ2v) is 9.76. The lowest BCUT2D eigenvalue weighted by Gasteiger charge is -2.32. The van der Waals surface area contributed by atoms with Gasteiger partial charge in [-0.3, -0.25) is 9.74 Å². The summed E-state index contributed by atoms with van der Waals surface area (Å²) in [5.41, 5.74) is -0.868. The first-order chi connectivity index (χ1) is 14.7. The summed E-state index contributed by atoms with van der Waals surface area (Å²) in [6.07, 6.45) is -3.71. The van der Waals surface area contributed by atoms with Gasteiger partial charge in [0.25, 0.3) is 0 Å². The van der Waals surface area contributed by atoms with Crippen LogP contribution in [0.3, 0.4) is 0 Å². The fraction of sp³-hybridized carbons (Fsp3) is 0.556. The van der Waals surface area contributed by atoms with Gasteiger partial charge < -0.3 is 5.32 Å². The van der Waals surface area contributed by atoms with Crippen molar-refractivity contribution in [2.45, 2.75) is 36.5 Å². The summed E-state index contributed by atoms with van der Waals surface area (Å²) in [7, 11) is -3.98. The summed E-state index contributed by atoms with van der Waals surface area (Å²) in [6.45, 7) is -0.486. The topological polar surface area (TPSA) is 92.8 Å². The van der Waals surface area contributed by atoms with Crippen LogP contribution >= 0.6 is 0 Å². The fourth-order valence-corrected chi connectivity index (χ4v) is 4.46. The predicted molar refractivity (Wildman–Crippen MR) is 98.4 cm³/mol. The standard InChI is InChI=1S/C18H21F5N3O5S/c1-32(29,30)12-8-14(19)13(15(20)9-12)10-26(31-16(27)18(21,22)23)7-6-25(17(26)28)11-2-4-24-5-3-11/h8-9,11,24H,2-7,10H2,1H3/q+1. The number of hydrogen-bond acceptors (Lipinski definition) is 6. The Morgan fingerprint density at radius 3 is 2.28 bits per heavy atom. The average Bonchev–Trinajstić information content (AvgIpc) is 3.00. The van der Waals surface area contributed by atoms with Crippen molar-refractivity contribution in [3.8, 4) is 0 Å². The molecule has 2 heterocycles. The summed E-state index contributed by atoms with van der Waals surface area (Å²) in [5.74, 6) is -5.45. The molecule has 0 aliphatic carbocycles. The number of urea groups is 1. The van der Waals surface area contributed by atoms with E-state index in [2.05, 4.69) is 10.2 Å². The highest BCUT2D eigenvalue weighted by Gasteiger charge is 2.58. The van der Waals surface area contributed by atoms with Crippen molar-refractivity contribution in [1.29, 1.82) is 0 Å². The summed E-state index contributed by atoms with van der Waals surface area (Å²) in [4.78, 5) is 29.8. The molecule has 0 spiro atoms. The van der Waals surface area contributed by atoms with E-state index in [4.69, 9.17) is 0 Å². The summed E-state index contributed by atoms with van der Waals surface area (Å²) >= 11 is 0. The molecule has 3 rings (SSSR count). The van der Waals surface area contributed by atoms with E-state index in [1.165, 1.54) is 4.90 Å². The van der Waals surface area contributed by atoms with Crippen molar-refractivity contribution in [3.63, 3.8) is 0 Å². The maximum Gasteiger partial charge on any atom is 0.497 e. The molecule has 1 atom stereocenters. The SMILES string of the molecule is CS(=O)(=O)c1cc(F)c(C[N+]2(OC(=O)C(F)(F)F)CCN(C3CCNCC3)C2=O)c(F)c1. The number of rotatable bonds is 5. The number of halogens is 5. The van der Waals surface area contributed by atoms with Gasteiger partial charge in [-0.05, 0) is 42.7 Å². The van der Waals surface area contributed by atoms with Crippen molar-refractivity contribution < 1.29 is 49.4 Å². The normalized spacial score (nSPS) is 22.9. The molecule has 2 aliphatic heterocycles. The smallest absolute Gasteiger partial charge is 0.317 e. The molecule has 0 bridgehead atoms. The zero-order valence-electron chi connectivity index (χ0n) is 16.9. The van der Waals surface area contributed by atoms with E-state index < -0.39 is 67.8 Å². The van der Waals surface area contributed by atoms with Gasteiger partial charge in [0, 0.05) is 12.3 Å². The average molecular weight is 486 g/mol. The number of nitrogens with zero attached hydrogens (tertiary/aromatic N) is 2. The van der Waals surface area contributed by atoms with Crippen molar-refractivity contribution in [2.75, 3.05) is 32.4 Å². The van der Waals surface area contributed by atoms with Gasteiger partial charge >= 0.3 is 18.2 Å². The highest BCUT2D eigenvalue weighted by atomic mass is 32.2. The van der Waals surface area contributed by atoms with Gasteiger partial charge in [-0.2, -0.15) is 13.2 Å². The molecule has 2 aliphatic rings. The highest BCUT2D eigenvalue weighted by molar-refractivity contribution is 7.90.